The molecule has 1 aromatic carbocycles. The van der Waals surface area contributed by atoms with Crippen molar-refractivity contribution < 1.29 is 9.84 Å². The molecule has 0 amide bonds. The number of hydrogen-bond donors (Lipinski definition) is 2. The number of thioether (sulfide) groups is 1. The van der Waals surface area contributed by atoms with Gasteiger partial charge in [-0.3, -0.25) is 0 Å². The smallest absolute Gasteiger partial charge is 0.119 e. The highest BCUT2D eigenvalue weighted by Gasteiger charge is 2.15. The van der Waals surface area contributed by atoms with E-state index in [1.54, 1.807) is 0 Å². The van der Waals surface area contributed by atoms with E-state index >= 15 is 0 Å². The average Bonchev–Trinajstić information content (AvgIpc) is 2.38. The van der Waals surface area contributed by atoms with Crippen LogP contribution in [0.4, 0.5) is 0 Å². The quantitative estimate of drug-likeness (QED) is 0.758. The Kier molecular flexibility index (Phi) is 7.21. The van der Waals surface area contributed by atoms with Gasteiger partial charge in [-0.25, -0.2) is 0 Å². The maximum atomic E-state index is 9.83. The Morgan fingerprint density at radius 3 is 2.58 bits per heavy atom. The molecule has 0 aliphatic rings. The van der Waals surface area contributed by atoms with Crippen LogP contribution in [0.15, 0.2) is 28.7 Å². The maximum absolute atomic E-state index is 9.83. The normalized spacial score (nSPS) is 13.3. The third kappa shape index (κ3) is 7.20. The van der Waals surface area contributed by atoms with Crippen molar-refractivity contribution in [3.8, 4) is 5.75 Å². The lowest BCUT2D eigenvalue weighted by Gasteiger charge is -2.23. The summed E-state index contributed by atoms with van der Waals surface area (Å²) in [7, 11) is 0. The molecule has 0 spiro atoms. The zero-order chi connectivity index (χ0) is 14.3. The largest absolute Gasteiger partial charge is 0.491 e. The lowest BCUT2D eigenvalue weighted by molar-refractivity contribution is 0.106. The van der Waals surface area contributed by atoms with Gasteiger partial charge in [0.2, 0.25) is 0 Å². The minimum atomic E-state index is -0.499. The first kappa shape index (κ1) is 16.8. The number of ether oxygens (including phenoxy) is 1. The minimum Gasteiger partial charge on any atom is -0.491 e. The lowest BCUT2D eigenvalue weighted by atomic mass is 10.2. The molecule has 0 heterocycles. The maximum Gasteiger partial charge on any atom is 0.119 e. The Morgan fingerprint density at radius 1 is 1.37 bits per heavy atom. The van der Waals surface area contributed by atoms with Gasteiger partial charge in [0.1, 0.15) is 18.5 Å². The highest BCUT2D eigenvalue weighted by atomic mass is 79.9. The van der Waals surface area contributed by atoms with Gasteiger partial charge in [0.15, 0.2) is 0 Å². The highest BCUT2D eigenvalue weighted by molar-refractivity contribution is 9.10. The molecule has 1 atom stereocenters. The van der Waals surface area contributed by atoms with E-state index in [1.165, 1.54) is 0 Å². The van der Waals surface area contributed by atoms with Crippen LogP contribution in [0.3, 0.4) is 0 Å². The number of hydrogen-bond acceptors (Lipinski definition) is 4. The Bertz CT molecular complexity index is 370. The highest BCUT2D eigenvalue weighted by Crippen LogP contribution is 2.19. The molecular formula is C14H22BrNO2S. The zero-order valence-corrected chi connectivity index (χ0v) is 14.1. The molecule has 1 aromatic rings. The summed E-state index contributed by atoms with van der Waals surface area (Å²) in [4.78, 5) is 0. The molecule has 0 saturated carbocycles. The van der Waals surface area contributed by atoms with Gasteiger partial charge in [-0.15, -0.1) is 0 Å². The molecule has 0 aliphatic carbocycles. The van der Waals surface area contributed by atoms with E-state index in [0.717, 1.165) is 16.8 Å². The third-order valence-electron chi connectivity index (χ3n) is 2.74. The van der Waals surface area contributed by atoms with Gasteiger partial charge in [0.05, 0.1) is 0 Å². The van der Waals surface area contributed by atoms with Crippen molar-refractivity contribution in [3.63, 3.8) is 0 Å². The van der Waals surface area contributed by atoms with Crippen LogP contribution >= 0.6 is 27.7 Å². The van der Waals surface area contributed by atoms with Crippen molar-refractivity contribution in [3.05, 3.63) is 28.7 Å². The van der Waals surface area contributed by atoms with E-state index in [2.05, 4.69) is 41.3 Å². The van der Waals surface area contributed by atoms with Gasteiger partial charge < -0.3 is 15.2 Å². The topological polar surface area (TPSA) is 41.5 Å². The molecule has 0 aliphatic heterocycles. The van der Waals surface area contributed by atoms with Gasteiger partial charge in [0, 0.05) is 22.3 Å². The van der Waals surface area contributed by atoms with Crippen molar-refractivity contribution in [1.82, 2.24) is 5.32 Å². The van der Waals surface area contributed by atoms with Gasteiger partial charge in [-0.1, -0.05) is 15.9 Å². The van der Waals surface area contributed by atoms with Crippen LogP contribution in [-0.2, 0) is 0 Å². The van der Waals surface area contributed by atoms with Crippen molar-refractivity contribution in [2.45, 2.75) is 24.7 Å². The van der Waals surface area contributed by atoms with Crippen LogP contribution in [-0.4, -0.2) is 41.9 Å². The second kappa shape index (κ2) is 8.15. The molecule has 5 heteroatoms. The zero-order valence-electron chi connectivity index (χ0n) is 11.6. The van der Waals surface area contributed by atoms with Crippen LogP contribution in [0.2, 0.25) is 0 Å². The van der Waals surface area contributed by atoms with E-state index in [-0.39, 0.29) is 4.75 Å². The van der Waals surface area contributed by atoms with Crippen molar-refractivity contribution >= 4 is 27.7 Å². The van der Waals surface area contributed by atoms with Gasteiger partial charge >= 0.3 is 0 Å². The van der Waals surface area contributed by atoms with Gasteiger partial charge in [-0.2, -0.15) is 11.8 Å². The molecule has 1 rings (SSSR count). The van der Waals surface area contributed by atoms with Crippen molar-refractivity contribution in [2.75, 3.05) is 26.0 Å². The fraction of sp³-hybridized carbons (Fsp3) is 0.571. The first-order chi connectivity index (χ1) is 8.93. The number of aliphatic hydroxyl groups excluding tert-OH is 1. The standard InChI is InChI=1S/C14H22BrNO2S/c1-14(2,19-3)10-16-8-12(17)9-18-13-6-4-11(15)5-7-13/h4-7,12,16-17H,8-10H2,1-3H3. The molecule has 1 unspecified atom stereocenters. The van der Waals surface area contributed by atoms with Crippen LogP contribution in [0.1, 0.15) is 13.8 Å². The molecule has 0 radical (unpaired) electrons. The van der Waals surface area contributed by atoms with Crippen LogP contribution in [0.25, 0.3) is 0 Å². The molecule has 0 saturated heterocycles. The first-order valence-electron chi connectivity index (χ1n) is 6.25. The van der Waals surface area contributed by atoms with E-state index in [0.29, 0.717) is 13.2 Å². The number of aliphatic hydroxyl groups is 1. The number of benzene rings is 1. The van der Waals surface area contributed by atoms with E-state index in [1.807, 2.05) is 36.0 Å². The fourth-order valence-corrected chi connectivity index (χ4v) is 1.90. The van der Waals surface area contributed by atoms with Crippen LogP contribution in [0, 0.1) is 0 Å². The monoisotopic (exact) mass is 347 g/mol. The molecule has 0 aromatic heterocycles. The summed E-state index contributed by atoms with van der Waals surface area (Å²) in [5, 5.41) is 13.1. The summed E-state index contributed by atoms with van der Waals surface area (Å²) in [6.45, 7) is 6.06. The Hall–Kier alpha value is -0.230. The summed E-state index contributed by atoms with van der Waals surface area (Å²) in [5.74, 6) is 0.770. The average molecular weight is 348 g/mol. The fourth-order valence-electron chi connectivity index (χ4n) is 1.39. The molecule has 3 nitrogen and oxygen atoms in total. The lowest BCUT2D eigenvalue weighted by Crippen LogP contribution is -2.38. The Balaban J connectivity index is 2.21. The SMILES string of the molecule is CSC(C)(C)CNCC(O)COc1ccc(Br)cc1. The van der Waals surface area contributed by atoms with E-state index in [9.17, 15) is 5.11 Å². The van der Waals surface area contributed by atoms with E-state index in [4.69, 9.17) is 4.74 Å². The van der Waals surface area contributed by atoms with Crippen molar-refractivity contribution in [2.24, 2.45) is 0 Å². The number of nitrogens with one attached hydrogen (secondary N) is 1. The Morgan fingerprint density at radius 2 is 2.00 bits per heavy atom. The van der Waals surface area contributed by atoms with Crippen LogP contribution < -0.4 is 10.1 Å². The minimum absolute atomic E-state index is 0.187. The third-order valence-corrected chi connectivity index (χ3v) is 4.52. The molecule has 108 valence electrons. The molecule has 0 fully saturated rings. The molecular weight excluding hydrogens is 326 g/mol. The summed E-state index contributed by atoms with van der Waals surface area (Å²) in [5.41, 5.74) is 0. The predicted octanol–water partition coefficient (Wildman–Crippen LogP) is 2.92. The van der Waals surface area contributed by atoms with Crippen LogP contribution in [0.5, 0.6) is 5.75 Å². The summed E-state index contributed by atoms with van der Waals surface area (Å²) < 4.78 is 6.72. The summed E-state index contributed by atoms with van der Waals surface area (Å²) in [6, 6.07) is 7.59. The van der Waals surface area contributed by atoms with Crippen molar-refractivity contribution in [1.29, 1.82) is 0 Å². The summed E-state index contributed by atoms with van der Waals surface area (Å²) >= 11 is 5.18. The number of rotatable bonds is 8. The molecule has 19 heavy (non-hydrogen) atoms. The summed E-state index contributed by atoms with van der Waals surface area (Å²) in [6.07, 6.45) is 1.59. The van der Waals surface area contributed by atoms with Gasteiger partial charge in [0.25, 0.3) is 0 Å². The second-order valence-electron chi connectivity index (χ2n) is 5.01. The second-order valence-corrected chi connectivity index (χ2v) is 7.44. The molecule has 2 N–H and O–H groups in total. The first-order valence-corrected chi connectivity index (χ1v) is 8.27. The van der Waals surface area contributed by atoms with Gasteiger partial charge in [-0.05, 0) is 44.4 Å². The Labute approximate surface area is 128 Å². The molecule has 0 bridgehead atoms. The predicted molar refractivity (Wildman–Crippen MR) is 86.1 cm³/mol. The number of halogens is 1. The van der Waals surface area contributed by atoms with E-state index < -0.39 is 6.10 Å².